The van der Waals surface area contributed by atoms with E-state index in [9.17, 15) is 28.8 Å². The Balaban J connectivity index is 1.06. The Kier molecular flexibility index (Phi) is 30.4. The predicted octanol–water partition coefficient (Wildman–Crippen LogP) is 7.20. The Morgan fingerprint density at radius 3 is 2.06 bits per heavy atom. The molecule has 25 heteroatoms. The maximum atomic E-state index is 14.2. The van der Waals surface area contributed by atoms with Crippen molar-refractivity contribution in [1.82, 2.24) is 30.5 Å². The number of hydrogen-bond donors (Lipinski definition) is 7. The molecule has 472 valence electrons. The maximum Gasteiger partial charge on any atom is 0.407 e. The lowest BCUT2D eigenvalue weighted by Crippen LogP contribution is -2.49. The number of para-hydroxylation sites is 1. The Morgan fingerprint density at radius 1 is 0.747 bits per heavy atom. The Labute approximate surface area is 508 Å². The van der Waals surface area contributed by atoms with Crippen LogP contribution in [0, 0.1) is 23.7 Å². The van der Waals surface area contributed by atoms with Gasteiger partial charge in [-0.1, -0.05) is 107 Å². The zero-order chi connectivity index (χ0) is 62.9. The summed E-state index contributed by atoms with van der Waals surface area (Å²) in [6, 6.07) is 21.8. The number of imidazole rings is 1. The number of pyridine rings is 1. The summed E-state index contributed by atoms with van der Waals surface area (Å²) in [5.74, 6) is -2.96. The molecule has 87 heavy (non-hydrogen) atoms. The van der Waals surface area contributed by atoms with Crippen molar-refractivity contribution in [1.29, 1.82) is 0 Å². The number of aliphatic imine (C=N–C) groups is 1. The standard InChI is InChI=1S/C62H88N14O11/c1-6-8-15-53-73-56-57(49-13-9-10-14-51(49)72-58(56)63)76(53)39-44-18-16-43(17-19-44)37-69-62(82)87-40-45-20-22-47(23-21-45)71-59(80)46(12-11-25-67-61(64)65)35-52(78)55(41(3)4)74-60(81)50(42(5)7-2)36-48(77)38-68-54(79)24-27-83-29-31-85-33-34-86-32-30-84-28-26-70-75-66/h9-10,13-14,16-23,41-42,46,50,55H,6-8,11-12,15,24-40H2,1-5H3,(H2,63,72)(H,68,79)(H,69,82)(H,71,80)(H,74,81)(H4,64,65,67)/t42?,46-,50-,55+/m1/s1. The molecule has 0 aliphatic rings. The van der Waals surface area contributed by atoms with Crippen molar-refractivity contribution in [2.75, 3.05) is 83.5 Å². The molecule has 4 amide bonds. The monoisotopic (exact) mass is 1200 g/mol. The Bertz CT molecular complexity index is 3070. The van der Waals surface area contributed by atoms with Gasteiger partial charge in [0.25, 0.3) is 0 Å². The first-order chi connectivity index (χ1) is 42.0. The molecule has 5 rings (SSSR count). The molecule has 0 bridgehead atoms. The molecule has 5 aromatic rings. The fourth-order valence-electron chi connectivity index (χ4n) is 9.49. The molecule has 0 saturated carbocycles. The van der Waals surface area contributed by atoms with Gasteiger partial charge in [-0.2, -0.15) is 0 Å². The molecular formula is C62H88N14O11. The van der Waals surface area contributed by atoms with Crippen LogP contribution < -0.4 is 38.5 Å². The van der Waals surface area contributed by atoms with E-state index in [1.807, 2.05) is 62.4 Å². The van der Waals surface area contributed by atoms with E-state index < -0.39 is 41.7 Å². The molecule has 2 aromatic heterocycles. The Hall–Kier alpha value is -8.22. The third-order valence-electron chi connectivity index (χ3n) is 14.6. The number of Topliss-reactive ketones (excluding diaryl/α,β-unsaturated/α-hetero) is 2. The summed E-state index contributed by atoms with van der Waals surface area (Å²) >= 11 is 0. The number of unbranched alkanes of at least 4 members (excludes halogenated alkanes) is 1. The van der Waals surface area contributed by atoms with Crippen LogP contribution in [-0.2, 0) is 73.8 Å². The number of ketones is 2. The number of alkyl carbamates (subject to hydrolysis) is 1. The van der Waals surface area contributed by atoms with Crippen LogP contribution in [-0.4, -0.2) is 134 Å². The van der Waals surface area contributed by atoms with E-state index in [1.165, 1.54) is 0 Å². The number of nitrogen functional groups attached to an aromatic ring is 1. The van der Waals surface area contributed by atoms with Crippen molar-refractivity contribution in [3.8, 4) is 0 Å². The molecule has 4 atom stereocenters. The van der Waals surface area contributed by atoms with Crippen LogP contribution in [0.4, 0.5) is 16.3 Å². The first kappa shape index (κ1) is 69.6. The van der Waals surface area contributed by atoms with Gasteiger partial charge in [-0.15, -0.1) is 0 Å². The minimum absolute atomic E-state index is 0.0157. The van der Waals surface area contributed by atoms with Crippen LogP contribution in [0.15, 0.2) is 82.9 Å². The number of aryl methyl sites for hydroxylation is 1. The van der Waals surface area contributed by atoms with E-state index >= 15 is 0 Å². The van der Waals surface area contributed by atoms with Crippen LogP contribution in [0.5, 0.6) is 0 Å². The molecule has 0 aliphatic heterocycles. The number of nitrogens with zero attached hydrogens (tertiary/aromatic N) is 7. The van der Waals surface area contributed by atoms with E-state index in [2.05, 4.69) is 52.8 Å². The van der Waals surface area contributed by atoms with Crippen LogP contribution in [0.3, 0.4) is 0 Å². The molecule has 0 spiro atoms. The molecule has 0 fully saturated rings. The highest BCUT2D eigenvalue weighted by Crippen LogP contribution is 2.30. The summed E-state index contributed by atoms with van der Waals surface area (Å²) < 4.78 is 29.3. The van der Waals surface area contributed by atoms with E-state index in [0.29, 0.717) is 81.6 Å². The van der Waals surface area contributed by atoms with Gasteiger partial charge in [-0.05, 0) is 71.5 Å². The number of amides is 4. The van der Waals surface area contributed by atoms with Gasteiger partial charge in [0, 0.05) is 79.7 Å². The van der Waals surface area contributed by atoms with Crippen LogP contribution in [0.1, 0.15) is 109 Å². The number of fused-ring (bicyclic) bond motifs is 3. The summed E-state index contributed by atoms with van der Waals surface area (Å²) in [4.78, 5) is 96.9. The molecule has 2 heterocycles. The number of carbonyl (C=O) groups excluding carboxylic acids is 6. The summed E-state index contributed by atoms with van der Waals surface area (Å²) in [6.45, 7) is 13.0. The third-order valence-corrected chi connectivity index (χ3v) is 14.6. The number of anilines is 2. The smallest absolute Gasteiger partial charge is 0.407 e. The van der Waals surface area contributed by atoms with Crippen LogP contribution in [0.25, 0.3) is 32.4 Å². The summed E-state index contributed by atoms with van der Waals surface area (Å²) in [5, 5.41) is 15.6. The van der Waals surface area contributed by atoms with Gasteiger partial charge in [0.15, 0.2) is 23.3 Å². The zero-order valence-electron chi connectivity index (χ0n) is 50.9. The SMILES string of the molecule is CCCCc1nc2c(N)nc3ccccc3c2n1Cc1ccc(CNC(=O)OCc2ccc(NC(=O)[C@H](CCCN=C(N)N)CC(=O)[C@@H](NC(=O)[C@H](CC(=O)CNC(=O)CCOCCOCCOCCOCCN=[N+]=[N-])C(C)CC)C(C)C)cc2)cc1. The molecule has 1 unspecified atom stereocenters. The fourth-order valence-corrected chi connectivity index (χ4v) is 9.49. The predicted molar refractivity (Wildman–Crippen MR) is 333 cm³/mol. The molecule has 0 saturated heterocycles. The van der Waals surface area contributed by atoms with Gasteiger partial charge in [0.1, 0.15) is 17.9 Å². The largest absolute Gasteiger partial charge is 0.445 e. The van der Waals surface area contributed by atoms with Gasteiger partial charge in [-0.3, -0.25) is 29.0 Å². The number of benzene rings is 3. The van der Waals surface area contributed by atoms with E-state index in [4.69, 9.17) is 51.4 Å². The first-order valence-electron chi connectivity index (χ1n) is 29.9. The number of ether oxygens (including phenoxy) is 5. The molecule has 3 aromatic carbocycles. The van der Waals surface area contributed by atoms with Crippen molar-refractivity contribution in [2.45, 2.75) is 118 Å². The summed E-state index contributed by atoms with van der Waals surface area (Å²) in [6.07, 6.45) is 3.08. The number of carbonyl (C=O) groups is 6. The lowest BCUT2D eigenvalue weighted by atomic mass is 9.85. The lowest BCUT2D eigenvalue weighted by Gasteiger charge is -2.28. The minimum atomic E-state index is -0.972. The molecule has 0 aliphatic carbocycles. The average molecular weight is 1210 g/mol. The second-order valence-electron chi connectivity index (χ2n) is 21.6. The maximum absolute atomic E-state index is 14.2. The number of azide groups is 1. The molecule has 10 N–H and O–H groups in total. The van der Waals surface area contributed by atoms with E-state index in [-0.39, 0.29) is 101 Å². The lowest BCUT2D eigenvalue weighted by molar-refractivity contribution is -0.135. The average Bonchev–Trinajstić information content (AvgIpc) is 2.27. The van der Waals surface area contributed by atoms with E-state index in [1.54, 1.807) is 38.1 Å². The normalized spacial score (nSPS) is 12.6. The second kappa shape index (κ2) is 38.0. The van der Waals surface area contributed by atoms with Crippen molar-refractivity contribution in [3.63, 3.8) is 0 Å². The van der Waals surface area contributed by atoms with E-state index in [0.717, 1.165) is 52.6 Å². The highest BCUT2D eigenvalue weighted by Gasteiger charge is 2.34. The van der Waals surface area contributed by atoms with Crippen molar-refractivity contribution >= 4 is 74.8 Å². The van der Waals surface area contributed by atoms with Crippen LogP contribution in [0.2, 0.25) is 0 Å². The number of nitrogens with one attached hydrogen (secondary N) is 4. The zero-order valence-corrected chi connectivity index (χ0v) is 50.9. The fraction of sp³-hybridized carbons (Fsp3) is 0.532. The number of nitrogens with two attached hydrogens (primary N) is 3. The van der Waals surface area contributed by atoms with Crippen molar-refractivity contribution in [3.05, 3.63) is 106 Å². The van der Waals surface area contributed by atoms with Gasteiger partial charge in [0.05, 0.1) is 76.5 Å². The first-order valence-corrected chi connectivity index (χ1v) is 29.9. The van der Waals surface area contributed by atoms with Gasteiger partial charge in [0.2, 0.25) is 17.7 Å². The molecule has 25 nitrogen and oxygen atoms in total. The number of rotatable bonds is 42. The number of aromatic nitrogens is 3. The molecular weight excluding hydrogens is 1120 g/mol. The van der Waals surface area contributed by atoms with Gasteiger partial charge in [-0.25, -0.2) is 14.8 Å². The van der Waals surface area contributed by atoms with Crippen molar-refractivity contribution < 1.29 is 52.5 Å². The number of guanidine groups is 1. The summed E-state index contributed by atoms with van der Waals surface area (Å²) in [5.41, 5.74) is 31.3. The van der Waals surface area contributed by atoms with Gasteiger partial charge < -0.3 is 66.7 Å². The van der Waals surface area contributed by atoms with Gasteiger partial charge >= 0.3 is 6.09 Å². The topological polar surface area (TPSA) is 367 Å². The second-order valence-corrected chi connectivity index (χ2v) is 21.6. The third kappa shape index (κ3) is 24.2. The van der Waals surface area contributed by atoms with Crippen molar-refractivity contribution in [2.24, 2.45) is 45.2 Å². The number of hydrogen-bond acceptors (Lipinski definition) is 16. The van der Waals surface area contributed by atoms with Crippen LogP contribution >= 0.6 is 0 Å². The minimum Gasteiger partial charge on any atom is -0.445 e. The summed E-state index contributed by atoms with van der Waals surface area (Å²) in [7, 11) is 0. The highest BCUT2D eigenvalue weighted by molar-refractivity contribution is 6.06. The Morgan fingerprint density at radius 2 is 1.40 bits per heavy atom. The quantitative estimate of drug-likeness (QED) is 0.00507. The molecule has 0 radical (unpaired) electrons. The highest BCUT2D eigenvalue weighted by atomic mass is 16.6.